The van der Waals surface area contributed by atoms with Gasteiger partial charge in [-0.1, -0.05) is 160 Å². The molecule has 10 heteroatoms. The van der Waals surface area contributed by atoms with E-state index < -0.39 is 49.1 Å². The van der Waals surface area contributed by atoms with E-state index in [1.807, 2.05) is 104 Å². The molecule has 0 radical (unpaired) electrons. The Kier molecular flexibility index (Phi) is 12.7. The minimum absolute atomic E-state index is 0.0113. The van der Waals surface area contributed by atoms with Crippen LogP contribution in [0, 0.1) is 6.92 Å². The van der Waals surface area contributed by atoms with Crippen LogP contribution in [0.15, 0.2) is 150 Å². The minimum Gasteiger partial charge on any atom is -0.405 e. The largest absolute Gasteiger partial charge is 0.405 e. The maximum absolute atomic E-state index is 14.0. The first-order chi connectivity index (χ1) is 25.9. The summed E-state index contributed by atoms with van der Waals surface area (Å²) in [5.41, 5.74) is 2.93. The van der Waals surface area contributed by atoms with Crippen LogP contribution in [0.5, 0.6) is 0 Å². The van der Waals surface area contributed by atoms with Gasteiger partial charge in [0.05, 0.1) is 17.5 Å². The molecule has 1 aliphatic heterocycles. The molecule has 0 bridgehead atoms. The molecular weight excluding hydrogens is 715 g/mol. The lowest BCUT2D eigenvalue weighted by molar-refractivity contribution is -0.276. The molecule has 1 N–H and O–H groups in total. The molecule has 6 rings (SSSR count). The zero-order valence-corrected chi connectivity index (χ0v) is 33.4. The first-order valence-corrected chi connectivity index (χ1v) is 21.7. The molecular formula is C44H51NO7SSi. The summed E-state index contributed by atoms with van der Waals surface area (Å²) in [5.74, 6) is 0. The molecule has 284 valence electrons. The number of aliphatic hydroxyl groups excluding tert-OH is 1. The van der Waals surface area contributed by atoms with Crippen LogP contribution in [0.3, 0.4) is 0 Å². The highest BCUT2D eigenvalue weighted by atomic mass is 32.2. The van der Waals surface area contributed by atoms with Crippen molar-refractivity contribution in [2.24, 2.45) is 0 Å². The summed E-state index contributed by atoms with van der Waals surface area (Å²) in [7, 11) is -5.93. The van der Waals surface area contributed by atoms with E-state index in [2.05, 4.69) is 49.9 Å². The fourth-order valence-electron chi connectivity index (χ4n) is 7.52. The summed E-state index contributed by atoms with van der Waals surface area (Å²) in [6, 6.07) is 45.9. The zero-order chi connectivity index (χ0) is 38.3. The van der Waals surface area contributed by atoms with Gasteiger partial charge < -0.3 is 19.0 Å². The molecule has 1 fully saturated rings. The van der Waals surface area contributed by atoms with Crippen molar-refractivity contribution in [3.05, 3.63) is 162 Å². The Bertz CT molecular complexity index is 1930. The van der Waals surface area contributed by atoms with Gasteiger partial charge in [-0.05, 0) is 45.6 Å². The Hall–Kier alpha value is -3.97. The summed E-state index contributed by atoms with van der Waals surface area (Å²) in [5, 5.41) is 14.3. The Morgan fingerprint density at radius 2 is 1.19 bits per heavy atom. The highest BCUT2D eigenvalue weighted by Crippen LogP contribution is 2.38. The van der Waals surface area contributed by atoms with Crippen molar-refractivity contribution >= 4 is 28.8 Å². The average molecular weight is 766 g/mol. The second kappa shape index (κ2) is 17.2. The SMILES string of the molecule is CO[C@H]1O[C@H](CO[Si](c2ccccc2)(c2ccccc2)C(C)(C)C)[C@@H](OS(=O)(=O)c2ccc(C)cc2)[C@H](O)[C@H]1N(Cc1ccccc1)Cc1ccccc1. The van der Waals surface area contributed by atoms with Gasteiger partial charge in [0.25, 0.3) is 18.4 Å². The highest BCUT2D eigenvalue weighted by Gasteiger charge is 2.54. The highest BCUT2D eigenvalue weighted by molar-refractivity contribution is 7.86. The van der Waals surface area contributed by atoms with Crippen LogP contribution in [-0.4, -0.2) is 71.1 Å². The van der Waals surface area contributed by atoms with Crippen LogP contribution in [0.4, 0.5) is 0 Å². The van der Waals surface area contributed by atoms with E-state index in [1.54, 1.807) is 12.1 Å². The molecule has 5 aromatic carbocycles. The van der Waals surface area contributed by atoms with Crippen LogP contribution in [0.2, 0.25) is 5.04 Å². The smallest absolute Gasteiger partial charge is 0.297 e. The van der Waals surface area contributed by atoms with E-state index in [-0.39, 0.29) is 16.5 Å². The van der Waals surface area contributed by atoms with Crippen molar-refractivity contribution in [1.82, 2.24) is 4.90 Å². The number of ether oxygens (including phenoxy) is 2. The molecule has 5 atom stereocenters. The molecule has 1 aliphatic rings. The number of hydrogen-bond donors (Lipinski definition) is 1. The van der Waals surface area contributed by atoms with Gasteiger partial charge in [0.2, 0.25) is 0 Å². The molecule has 8 nitrogen and oxygen atoms in total. The third-order valence-corrected chi connectivity index (χ3v) is 16.5. The molecule has 0 aliphatic carbocycles. The van der Waals surface area contributed by atoms with Gasteiger partial charge in [-0.3, -0.25) is 9.08 Å². The van der Waals surface area contributed by atoms with Crippen LogP contribution >= 0.6 is 0 Å². The minimum atomic E-state index is -4.36. The summed E-state index contributed by atoms with van der Waals surface area (Å²) in [4.78, 5) is 2.06. The van der Waals surface area contributed by atoms with E-state index in [0.29, 0.717) is 13.1 Å². The second-order valence-corrected chi connectivity index (χ2v) is 20.8. The van der Waals surface area contributed by atoms with E-state index in [4.69, 9.17) is 18.1 Å². The molecule has 1 heterocycles. The molecule has 0 aromatic heterocycles. The van der Waals surface area contributed by atoms with Crippen molar-refractivity contribution in [2.75, 3.05) is 13.7 Å². The molecule has 0 unspecified atom stereocenters. The summed E-state index contributed by atoms with van der Waals surface area (Å²) < 4.78 is 54.3. The van der Waals surface area contributed by atoms with E-state index in [1.165, 1.54) is 19.2 Å². The van der Waals surface area contributed by atoms with Crippen LogP contribution in [0.1, 0.15) is 37.5 Å². The van der Waals surface area contributed by atoms with Gasteiger partial charge in [-0.25, -0.2) is 0 Å². The Balaban J connectivity index is 1.42. The number of benzene rings is 5. The van der Waals surface area contributed by atoms with E-state index >= 15 is 0 Å². The van der Waals surface area contributed by atoms with Gasteiger partial charge in [0, 0.05) is 20.2 Å². The van der Waals surface area contributed by atoms with E-state index in [9.17, 15) is 13.5 Å². The maximum Gasteiger partial charge on any atom is 0.297 e. The second-order valence-electron chi connectivity index (χ2n) is 14.9. The zero-order valence-electron chi connectivity index (χ0n) is 31.6. The third kappa shape index (κ3) is 8.77. The number of hydrogen-bond acceptors (Lipinski definition) is 8. The molecule has 54 heavy (non-hydrogen) atoms. The fourth-order valence-corrected chi connectivity index (χ4v) is 13.2. The van der Waals surface area contributed by atoms with Crippen LogP contribution in [-0.2, 0) is 41.3 Å². The molecule has 0 spiro atoms. The van der Waals surface area contributed by atoms with Crippen molar-refractivity contribution in [3.63, 3.8) is 0 Å². The monoisotopic (exact) mass is 765 g/mol. The van der Waals surface area contributed by atoms with Crippen molar-refractivity contribution < 1.29 is 31.6 Å². The summed E-state index contributed by atoms with van der Waals surface area (Å²) in [6.07, 6.45) is -4.70. The standard InChI is InChI=1S/C44H51NO7SSi/c1-33-26-28-36(29-27-33)53(47,48)52-42-39(32-50-54(44(2,3)4,37-22-14-8-15-23-37)38-24-16-9-17-25-38)51-43(49-5)40(41(42)46)45(30-34-18-10-6-11-19-34)31-35-20-12-7-13-21-35/h6-29,39-43,46H,30-32H2,1-5H3/t39-,40-,41-,42-,43+/m1/s1. The van der Waals surface area contributed by atoms with Gasteiger partial charge in [-0.2, -0.15) is 8.42 Å². The molecule has 1 saturated heterocycles. The lowest BCUT2D eigenvalue weighted by Gasteiger charge is -2.49. The van der Waals surface area contributed by atoms with Gasteiger partial charge in [-0.15, -0.1) is 0 Å². The number of aliphatic hydroxyl groups is 1. The lowest BCUT2D eigenvalue weighted by atomic mass is 9.94. The van der Waals surface area contributed by atoms with E-state index in [0.717, 1.165) is 27.1 Å². The van der Waals surface area contributed by atoms with Gasteiger partial charge in [0.1, 0.15) is 18.3 Å². The quantitative estimate of drug-likeness (QED) is 0.102. The van der Waals surface area contributed by atoms with Gasteiger partial charge in [0.15, 0.2) is 6.29 Å². The Labute approximate surface area is 321 Å². The number of nitrogens with zero attached hydrogens (tertiary/aromatic N) is 1. The van der Waals surface area contributed by atoms with Crippen LogP contribution < -0.4 is 10.4 Å². The topological polar surface area (TPSA) is 94.5 Å². The summed E-state index contributed by atoms with van der Waals surface area (Å²) in [6.45, 7) is 9.20. The first-order valence-electron chi connectivity index (χ1n) is 18.4. The Morgan fingerprint density at radius 1 is 0.722 bits per heavy atom. The van der Waals surface area contributed by atoms with Crippen molar-refractivity contribution in [2.45, 2.75) is 81.4 Å². The third-order valence-electron chi connectivity index (χ3n) is 10.2. The molecule has 0 saturated carbocycles. The summed E-state index contributed by atoms with van der Waals surface area (Å²) >= 11 is 0. The van der Waals surface area contributed by atoms with Gasteiger partial charge >= 0.3 is 0 Å². The maximum atomic E-state index is 14.0. The van der Waals surface area contributed by atoms with Crippen molar-refractivity contribution in [1.29, 1.82) is 0 Å². The number of methoxy groups -OCH3 is 1. The Morgan fingerprint density at radius 3 is 1.63 bits per heavy atom. The average Bonchev–Trinajstić information content (AvgIpc) is 3.17. The number of aryl methyl sites for hydroxylation is 1. The number of rotatable bonds is 14. The normalized spacial score (nSPS) is 20.9. The first kappa shape index (κ1) is 39.7. The molecule has 0 amide bonds. The predicted octanol–water partition coefficient (Wildman–Crippen LogP) is 6.45. The van der Waals surface area contributed by atoms with Crippen molar-refractivity contribution in [3.8, 4) is 0 Å². The molecule has 5 aromatic rings. The predicted molar refractivity (Wildman–Crippen MR) is 214 cm³/mol. The fraction of sp³-hybridized carbons (Fsp3) is 0.318. The van der Waals surface area contributed by atoms with Crippen LogP contribution in [0.25, 0.3) is 0 Å². The lowest BCUT2D eigenvalue weighted by Crippen LogP contribution is -2.69.